The number of esters is 1. The zero-order valence-electron chi connectivity index (χ0n) is 12.3. The summed E-state index contributed by atoms with van der Waals surface area (Å²) >= 11 is 0. The van der Waals surface area contributed by atoms with E-state index in [0.29, 0.717) is 25.2 Å². The second kappa shape index (κ2) is 5.40. The van der Waals surface area contributed by atoms with Gasteiger partial charge in [-0.15, -0.1) is 0 Å². The van der Waals surface area contributed by atoms with Crippen LogP contribution >= 0.6 is 0 Å². The van der Waals surface area contributed by atoms with Crippen LogP contribution in [0.2, 0.25) is 0 Å². The minimum atomic E-state index is -0.886. The van der Waals surface area contributed by atoms with Gasteiger partial charge in [-0.05, 0) is 12.1 Å². The number of hydrogen-bond acceptors (Lipinski definition) is 4. The van der Waals surface area contributed by atoms with Crippen LogP contribution in [0.4, 0.5) is 14.5 Å². The van der Waals surface area contributed by atoms with Gasteiger partial charge in [-0.25, -0.2) is 13.6 Å². The van der Waals surface area contributed by atoms with Gasteiger partial charge in [0.1, 0.15) is 0 Å². The molecule has 0 bridgehead atoms. The quantitative estimate of drug-likeness (QED) is 0.797. The van der Waals surface area contributed by atoms with E-state index in [2.05, 4.69) is 5.10 Å². The zero-order chi connectivity index (χ0) is 15.9. The van der Waals surface area contributed by atoms with Crippen LogP contribution in [0, 0.1) is 11.6 Å². The molecule has 1 aromatic carbocycles. The minimum absolute atomic E-state index is 0.271. The Balaban J connectivity index is 1.95. The van der Waals surface area contributed by atoms with E-state index in [1.165, 1.54) is 13.2 Å². The van der Waals surface area contributed by atoms with E-state index >= 15 is 0 Å². The summed E-state index contributed by atoms with van der Waals surface area (Å²) in [5, 5.41) is 4.20. The SMILES string of the molecule is COC(=O)c1nn(C)c2c1CN(c1ccc(F)c(F)c1)CC2. The van der Waals surface area contributed by atoms with Crippen LogP contribution in [0.1, 0.15) is 21.7 Å². The van der Waals surface area contributed by atoms with Crippen LogP contribution < -0.4 is 4.90 Å². The van der Waals surface area contributed by atoms with E-state index in [1.807, 2.05) is 4.90 Å². The van der Waals surface area contributed by atoms with Crippen molar-refractivity contribution in [3.05, 3.63) is 46.8 Å². The minimum Gasteiger partial charge on any atom is -0.464 e. The Labute approximate surface area is 126 Å². The van der Waals surface area contributed by atoms with Crippen molar-refractivity contribution in [1.29, 1.82) is 0 Å². The topological polar surface area (TPSA) is 47.4 Å². The molecule has 2 aromatic rings. The highest BCUT2D eigenvalue weighted by molar-refractivity contribution is 5.89. The molecule has 3 rings (SSSR count). The number of aromatic nitrogens is 2. The van der Waals surface area contributed by atoms with Gasteiger partial charge in [-0.3, -0.25) is 4.68 Å². The molecule has 0 N–H and O–H groups in total. The molecule has 0 saturated heterocycles. The summed E-state index contributed by atoms with van der Waals surface area (Å²) in [6, 6.07) is 3.79. The molecule has 2 heterocycles. The van der Waals surface area contributed by atoms with Crippen LogP contribution in [-0.4, -0.2) is 29.4 Å². The number of carbonyl (C=O) groups is 1. The summed E-state index contributed by atoms with van der Waals surface area (Å²) in [6.45, 7) is 1.04. The zero-order valence-corrected chi connectivity index (χ0v) is 12.3. The fourth-order valence-electron chi connectivity index (χ4n) is 2.76. The van der Waals surface area contributed by atoms with Crippen molar-refractivity contribution in [3.63, 3.8) is 0 Å². The normalized spacial score (nSPS) is 13.9. The van der Waals surface area contributed by atoms with Crippen molar-refractivity contribution in [2.75, 3.05) is 18.6 Å². The highest BCUT2D eigenvalue weighted by Gasteiger charge is 2.28. The Hall–Kier alpha value is -2.44. The lowest BCUT2D eigenvalue weighted by Gasteiger charge is -2.29. The summed E-state index contributed by atoms with van der Waals surface area (Å²) in [6.07, 6.45) is 0.662. The molecular formula is C15H15F2N3O2. The van der Waals surface area contributed by atoms with Crippen LogP contribution in [0.3, 0.4) is 0 Å². The number of fused-ring (bicyclic) bond motifs is 1. The Bertz CT molecular complexity index is 743. The number of aryl methyl sites for hydroxylation is 1. The third-order valence-corrected chi connectivity index (χ3v) is 3.89. The second-order valence-electron chi connectivity index (χ2n) is 5.16. The molecule has 5 nitrogen and oxygen atoms in total. The summed E-state index contributed by atoms with van der Waals surface area (Å²) in [5.74, 6) is -2.26. The van der Waals surface area contributed by atoms with Crippen molar-refractivity contribution < 1.29 is 18.3 Å². The van der Waals surface area contributed by atoms with Gasteiger partial charge in [-0.1, -0.05) is 0 Å². The summed E-state index contributed by atoms with van der Waals surface area (Å²) < 4.78 is 32.9. The Kier molecular flexibility index (Phi) is 3.56. The number of hydrogen-bond donors (Lipinski definition) is 0. The molecule has 1 aliphatic rings. The van der Waals surface area contributed by atoms with Gasteiger partial charge in [-0.2, -0.15) is 5.10 Å². The monoisotopic (exact) mass is 307 g/mol. The second-order valence-corrected chi connectivity index (χ2v) is 5.16. The predicted molar refractivity (Wildman–Crippen MR) is 75.7 cm³/mol. The van der Waals surface area contributed by atoms with Crippen molar-refractivity contribution in [1.82, 2.24) is 9.78 Å². The maximum Gasteiger partial charge on any atom is 0.358 e. The number of rotatable bonds is 2. The van der Waals surface area contributed by atoms with E-state index in [4.69, 9.17) is 4.74 Å². The lowest BCUT2D eigenvalue weighted by atomic mass is 10.0. The maximum atomic E-state index is 13.4. The molecule has 0 unspecified atom stereocenters. The molecule has 0 aliphatic carbocycles. The molecule has 0 saturated carbocycles. The molecule has 1 aromatic heterocycles. The molecule has 116 valence electrons. The first-order valence-corrected chi connectivity index (χ1v) is 6.84. The van der Waals surface area contributed by atoms with Gasteiger partial charge in [0.15, 0.2) is 17.3 Å². The van der Waals surface area contributed by atoms with Crippen LogP contribution in [0.15, 0.2) is 18.2 Å². The number of carbonyl (C=O) groups excluding carboxylic acids is 1. The third kappa shape index (κ3) is 2.32. The van der Waals surface area contributed by atoms with E-state index in [9.17, 15) is 13.6 Å². The van der Waals surface area contributed by atoms with E-state index in [0.717, 1.165) is 23.4 Å². The van der Waals surface area contributed by atoms with Gasteiger partial charge in [0.25, 0.3) is 0 Å². The maximum absolute atomic E-state index is 13.4. The Morgan fingerprint density at radius 1 is 1.32 bits per heavy atom. The van der Waals surface area contributed by atoms with Crippen molar-refractivity contribution in [2.45, 2.75) is 13.0 Å². The third-order valence-electron chi connectivity index (χ3n) is 3.89. The van der Waals surface area contributed by atoms with Crippen molar-refractivity contribution in [3.8, 4) is 0 Å². The fraction of sp³-hybridized carbons (Fsp3) is 0.333. The first-order valence-electron chi connectivity index (χ1n) is 6.84. The lowest BCUT2D eigenvalue weighted by Crippen LogP contribution is -2.31. The molecule has 0 fully saturated rings. The summed E-state index contributed by atoms with van der Waals surface area (Å²) in [5.41, 5.74) is 2.57. The molecule has 0 spiro atoms. The molecule has 22 heavy (non-hydrogen) atoms. The van der Waals surface area contributed by atoms with Crippen LogP contribution in [0.25, 0.3) is 0 Å². The van der Waals surface area contributed by atoms with Gasteiger partial charge in [0.2, 0.25) is 0 Å². The highest BCUT2D eigenvalue weighted by atomic mass is 19.2. The lowest BCUT2D eigenvalue weighted by molar-refractivity contribution is 0.0592. The van der Waals surface area contributed by atoms with E-state index < -0.39 is 17.6 Å². The number of ether oxygens (including phenoxy) is 1. The molecule has 1 aliphatic heterocycles. The Morgan fingerprint density at radius 2 is 2.09 bits per heavy atom. The molecular weight excluding hydrogens is 292 g/mol. The predicted octanol–water partition coefficient (Wildman–Crippen LogP) is 2.05. The number of nitrogens with zero attached hydrogens (tertiary/aromatic N) is 3. The van der Waals surface area contributed by atoms with Gasteiger partial charge < -0.3 is 9.64 Å². The van der Waals surface area contributed by atoms with E-state index in [1.54, 1.807) is 11.7 Å². The van der Waals surface area contributed by atoms with Crippen LogP contribution in [-0.2, 0) is 24.8 Å². The average Bonchev–Trinajstić information content (AvgIpc) is 2.86. The molecule has 0 atom stereocenters. The number of methoxy groups -OCH3 is 1. The van der Waals surface area contributed by atoms with E-state index in [-0.39, 0.29) is 5.69 Å². The summed E-state index contributed by atoms with van der Waals surface area (Å²) in [4.78, 5) is 13.7. The largest absolute Gasteiger partial charge is 0.464 e. The molecule has 7 heteroatoms. The molecule has 0 amide bonds. The smallest absolute Gasteiger partial charge is 0.358 e. The van der Waals surface area contributed by atoms with Crippen LogP contribution in [0.5, 0.6) is 0 Å². The van der Waals surface area contributed by atoms with Gasteiger partial charge >= 0.3 is 5.97 Å². The van der Waals surface area contributed by atoms with Crippen molar-refractivity contribution in [2.24, 2.45) is 7.05 Å². The number of benzene rings is 1. The standard InChI is InChI=1S/C15H15F2N3O2/c1-19-13-5-6-20(9-3-4-11(16)12(17)7-9)8-10(13)14(18-19)15(21)22-2/h3-4,7H,5-6,8H2,1-2H3. The highest BCUT2D eigenvalue weighted by Crippen LogP contribution is 2.27. The van der Waals surface area contributed by atoms with Gasteiger partial charge in [0.05, 0.1) is 7.11 Å². The Morgan fingerprint density at radius 3 is 2.77 bits per heavy atom. The fourth-order valence-corrected chi connectivity index (χ4v) is 2.76. The number of halogens is 2. The summed E-state index contributed by atoms with van der Waals surface area (Å²) in [7, 11) is 3.08. The van der Waals surface area contributed by atoms with Crippen molar-refractivity contribution >= 4 is 11.7 Å². The molecule has 0 radical (unpaired) electrons. The number of anilines is 1. The average molecular weight is 307 g/mol. The first-order chi connectivity index (χ1) is 10.5. The first kappa shape index (κ1) is 14.5. The van der Waals surface area contributed by atoms with Gasteiger partial charge in [0, 0.05) is 49.6 Å².